The number of aryl methyl sites for hydroxylation is 1. The predicted octanol–water partition coefficient (Wildman–Crippen LogP) is 3.78. The molecule has 23 heavy (non-hydrogen) atoms. The minimum Gasteiger partial charge on any atom is -0.484 e. The van der Waals surface area contributed by atoms with Crippen LogP contribution in [0.2, 0.25) is 5.02 Å². The highest BCUT2D eigenvalue weighted by Gasteiger charge is 2.08. The van der Waals surface area contributed by atoms with Gasteiger partial charge in [0.2, 0.25) is 0 Å². The van der Waals surface area contributed by atoms with E-state index in [0.717, 1.165) is 23.4 Å². The molecule has 0 radical (unpaired) electrons. The van der Waals surface area contributed by atoms with Gasteiger partial charge in [-0.05, 0) is 48.9 Å². The molecule has 0 aliphatic rings. The summed E-state index contributed by atoms with van der Waals surface area (Å²) in [6.07, 6.45) is 0. The third kappa shape index (κ3) is 5.27. The van der Waals surface area contributed by atoms with Crippen LogP contribution in [0, 0.1) is 6.92 Å². The zero-order chi connectivity index (χ0) is 16.7. The second kappa shape index (κ2) is 8.56. The molecule has 1 amide bonds. The van der Waals surface area contributed by atoms with Crippen LogP contribution >= 0.6 is 11.6 Å². The largest absolute Gasteiger partial charge is 0.484 e. The molecule has 2 N–H and O–H groups in total. The van der Waals surface area contributed by atoms with Crippen molar-refractivity contribution in [3.63, 3.8) is 0 Å². The van der Waals surface area contributed by atoms with E-state index in [1.807, 2.05) is 44.2 Å². The number of carbonyl (C=O) groups is 1. The summed E-state index contributed by atoms with van der Waals surface area (Å²) in [5.41, 5.74) is 2.76. The topological polar surface area (TPSA) is 50.4 Å². The molecule has 2 aromatic carbocycles. The fraction of sp³-hybridized carbons (Fsp3) is 0.278. The maximum absolute atomic E-state index is 12.1. The lowest BCUT2D eigenvalue weighted by Crippen LogP contribution is -2.22. The van der Waals surface area contributed by atoms with Crippen LogP contribution in [-0.2, 0) is 11.3 Å². The molecule has 4 nitrogen and oxygen atoms in total. The van der Waals surface area contributed by atoms with Crippen molar-refractivity contribution in [3.8, 4) is 5.75 Å². The highest BCUT2D eigenvalue weighted by atomic mass is 35.5. The van der Waals surface area contributed by atoms with Crippen LogP contribution in [0.3, 0.4) is 0 Å². The van der Waals surface area contributed by atoms with Gasteiger partial charge in [-0.15, -0.1) is 0 Å². The van der Waals surface area contributed by atoms with E-state index < -0.39 is 0 Å². The van der Waals surface area contributed by atoms with Gasteiger partial charge in [-0.25, -0.2) is 0 Å². The molecule has 0 spiro atoms. The number of benzene rings is 2. The number of rotatable bonds is 7. The Morgan fingerprint density at radius 2 is 2.00 bits per heavy atom. The Balaban J connectivity index is 1.93. The van der Waals surface area contributed by atoms with Gasteiger partial charge in [-0.1, -0.05) is 36.7 Å². The number of hydrogen-bond acceptors (Lipinski definition) is 3. The zero-order valence-corrected chi connectivity index (χ0v) is 14.1. The quantitative estimate of drug-likeness (QED) is 0.811. The van der Waals surface area contributed by atoms with E-state index in [1.54, 1.807) is 12.1 Å². The molecule has 0 aliphatic carbocycles. The van der Waals surface area contributed by atoms with E-state index in [1.165, 1.54) is 0 Å². The Bertz CT molecular complexity index is 674. The molecular weight excluding hydrogens is 312 g/mol. The lowest BCUT2D eigenvalue weighted by atomic mass is 10.1. The lowest BCUT2D eigenvalue weighted by Gasteiger charge is -2.12. The average Bonchev–Trinajstić information content (AvgIpc) is 2.55. The third-order valence-corrected chi connectivity index (χ3v) is 3.78. The molecule has 122 valence electrons. The Hall–Kier alpha value is -2.04. The number of carbonyl (C=O) groups excluding carboxylic acids is 1. The first kappa shape index (κ1) is 17.3. The van der Waals surface area contributed by atoms with Crippen molar-refractivity contribution in [1.29, 1.82) is 0 Å². The first-order valence-electron chi connectivity index (χ1n) is 7.57. The Labute approximate surface area is 141 Å². The molecule has 2 rings (SSSR count). The maximum atomic E-state index is 12.1. The lowest BCUT2D eigenvalue weighted by molar-refractivity contribution is -0.118. The molecule has 0 fully saturated rings. The Kier molecular flexibility index (Phi) is 6.44. The number of hydrogen-bond donors (Lipinski definition) is 2. The van der Waals surface area contributed by atoms with Crippen molar-refractivity contribution < 1.29 is 9.53 Å². The maximum Gasteiger partial charge on any atom is 0.262 e. The van der Waals surface area contributed by atoms with Gasteiger partial charge in [0.15, 0.2) is 6.61 Å². The van der Waals surface area contributed by atoms with Crippen LogP contribution in [-0.4, -0.2) is 19.1 Å². The van der Waals surface area contributed by atoms with E-state index in [4.69, 9.17) is 16.3 Å². The summed E-state index contributed by atoms with van der Waals surface area (Å²) in [4.78, 5) is 12.1. The summed E-state index contributed by atoms with van der Waals surface area (Å²) in [7, 11) is 0. The third-order valence-electron chi connectivity index (χ3n) is 3.36. The highest BCUT2D eigenvalue weighted by Crippen LogP contribution is 2.21. The van der Waals surface area contributed by atoms with Gasteiger partial charge in [0, 0.05) is 17.3 Å². The van der Waals surface area contributed by atoms with E-state index in [9.17, 15) is 4.79 Å². The number of halogens is 1. The molecule has 5 heteroatoms. The second-order valence-electron chi connectivity index (χ2n) is 5.19. The average molecular weight is 333 g/mol. The molecule has 0 saturated heterocycles. The molecule has 0 aliphatic heterocycles. The number of ether oxygens (including phenoxy) is 1. The van der Waals surface area contributed by atoms with Gasteiger partial charge >= 0.3 is 0 Å². The number of amides is 1. The van der Waals surface area contributed by atoms with E-state index in [0.29, 0.717) is 17.3 Å². The summed E-state index contributed by atoms with van der Waals surface area (Å²) in [5.74, 6) is 0.435. The normalized spacial score (nSPS) is 10.4. The van der Waals surface area contributed by atoms with E-state index >= 15 is 0 Å². The summed E-state index contributed by atoms with van der Waals surface area (Å²) in [6.45, 7) is 5.48. The van der Waals surface area contributed by atoms with Crippen LogP contribution < -0.4 is 15.4 Å². The first-order valence-corrected chi connectivity index (χ1v) is 7.95. The molecular formula is C18H21ClN2O2. The molecule has 0 saturated carbocycles. The summed E-state index contributed by atoms with van der Waals surface area (Å²) >= 11 is 5.97. The summed E-state index contributed by atoms with van der Waals surface area (Å²) in [5, 5.41) is 6.82. The van der Waals surface area contributed by atoms with Crippen molar-refractivity contribution in [2.24, 2.45) is 0 Å². The van der Waals surface area contributed by atoms with Crippen molar-refractivity contribution >= 4 is 23.2 Å². The van der Waals surface area contributed by atoms with Crippen molar-refractivity contribution in [2.75, 3.05) is 18.5 Å². The molecule has 0 atom stereocenters. The standard InChI is InChI=1S/C18H21ClN2O2/c1-3-20-11-14-6-4-5-7-17(14)21-18(22)12-23-15-8-9-16(19)13(2)10-15/h4-10,20H,3,11-12H2,1-2H3,(H,21,22). The van der Waals surface area contributed by atoms with Crippen LogP contribution in [0.25, 0.3) is 0 Å². The van der Waals surface area contributed by atoms with Gasteiger partial charge in [0.05, 0.1) is 0 Å². The molecule has 0 unspecified atom stereocenters. The summed E-state index contributed by atoms with van der Waals surface area (Å²) < 4.78 is 5.51. The number of para-hydroxylation sites is 1. The van der Waals surface area contributed by atoms with Crippen molar-refractivity contribution in [3.05, 3.63) is 58.6 Å². The van der Waals surface area contributed by atoms with Gasteiger partial charge < -0.3 is 15.4 Å². The minimum absolute atomic E-state index is 0.0450. The SMILES string of the molecule is CCNCc1ccccc1NC(=O)COc1ccc(Cl)c(C)c1. The molecule has 2 aromatic rings. The van der Waals surface area contributed by atoms with Gasteiger partial charge in [0.1, 0.15) is 5.75 Å². The molecule has 0 bridgehead atoms. The predicted molar refractivity (Wildman–Crippen MR) is 94.1 cm³/mol. The highest BCUT2D eigenvalue weighted by molar-refractivity contribution is 6.31. The van der Waals surface area contributed by atoms with Crippen LogP contribution in [0.15, 0.2) is 42.5 Å². The fourth-order valence-electron chi connectivity index (χ4n) is 2.10. The Morgan fingerprint density at radius 3 is 2.74 bits per heavy atom. The van der Waals surface area contributed by atoms with Crippen LogP contribution in [0.4, 0.5) is 5.69 Å². The van der Waals surface area contributed by atoms with E-state index in [-0.39, 0.29) is 12.5 Å². The smallest absolute Gasteiger partial charge is 0.262 e. The second-order valence-corrected chi connectivity index (χ2v) is 5.59. The van der Waals surface area contributed by atoms with Crippen LogP contribution in [0.1, 0.15) is 18.1 Å². The molecule has 0 heterocycles. The summed E-state index contributed by atoms with van der Waals surface area (Å²) in [6, 6.07) is 13.1. The van der Waals surface area contributed by atoms with Crippen molar-refractivity contribution in [2.45, 2.75) is 20.4 Å². The number of anilines is 1. The Morgan fingerprint density at radius 1 is 1.22 bits per heavy atom. The molecule has 0 aromatic heterocycles. The number of nitrogens with one attached hydrogen (secondary N) is 2. The first-order chi connectivity index (χ1) is 11.1. The monoisotopic (exact) mass is 332 g/mol. The van der Waals surface area contributed by atoms with E-state index in [2.05, 4.69) is 10.6 Å². The zero-order valence-electron chi connectivity index (χ0n) is 13.4. The minimum atomic E-state index is -0.193. The van der Waals surface area contributed by atoms with Crippen LogP contribution in [0.5, 0.6) is 5.75 Å². The fourth-order valence-corrected chi connectivity index (χ4v) is 2.22. The van der Waals surface area contributed by atoms with Crippen molar-refractivity contribution in [1.82, 2.24) is 5.32 Å². The van der Waals surface area contributed by atoms with Gasteiger partial charge in [-0.2, -0.15) is 0 Å². The van der Waals surface area contributed by atoms with Gasteiger partial charge in [-0.3, -0.25) is 4.79 Å². The van der Waals surface area contributed by atoms with Gasteiger partial charge in [0.25, 0.3) is 5.91 Å².